The average molecular weight is 372 g/mol. The van der Waals surface area contributed by atoms with Crippen LogP contribution in [0.15, 0.2) is 12.7 Å². The lowest BCUT2D eigenvalue weighted by atomic mass is 9.75. The zero-order valence-electron chi connectivity index (χ0n) is 15.4. The summed E-state index contributed by atoms with van der Waals surface area (Å²) in [6, 6.07) is 0.564. The maximum Gasteiger partial charge on any atom is 0.391 e. The monoisotopic (exact) mass is 372 g/mol. The maximum atomic E-state index is 13.1. The Labute approximate surface area is 154 Å². The van der Waals surface area contributed by atoms with Crippen LogP contribution < -0.4 is 5.32 Å². The smallest absolute Gasteiger partial charge is 0.349 e. The third kappa shape index (κ3) is 4.81. The molecule has 1 saturated heterocycles. The van der Waals surface area contributed by atoms with E-state index < -0.39 is 12.1 Å². The molecule has 1 aliphatic heterocycles. The van der Waals surface area contributed by atoms with E-state index >= 15 is 0 Å². The van der Waals surface area contributed by atoms with Gasteiger partial charge in [-0.05, 0) is 56.4 Å². The molecule has 0 aromatic rings. The molecule has 0 aromatic carbocycles. The van der Waals surface area contributed by atoms with E-state index in [4.69, 9.17) is 0 Å². The molecule has 3 nitrogen and oxygen atoms in total. The number of halogens is 3. The predicted octanol–water partition coefficient (Wildman–Crippen LogP) is 4.29. The predicted molar refractivity (Wildman–Crippen MR) is 95.6 cm³/mol. The van der Waals surface area contributed by atoms with Crippen molar-refractivity contribution in [2.45, 2.75) is 76.0 Å². The molecule has 148 valence electrons. The highest BCUT2D eigenvalue weighted by Gasteiger charge is 2.44. The summed E-state index contributed by atoms with van der Waals surface area (Å²) in [4.78, 5) is 14.1. The highest BCUT2D eigenvalue weighted by molar-refractivity contribution is 5.87. The van der Waals surface area contributed by atoms with Crippen LogP contribution in [-0.4, -0.2) is 42.2 Å². The molecule has 2 aliphatic carbocycles. The molecule has 5 atom stereocenters. The molecule has 3 fully saturated rings. The van der Waals surface area contributed by atoms with E-state index in [0.717, 1.165) is 38.8 Å². The van der Waals surface area contributed by atoms with Gasteiger partial charge in [0.05, 0.1) is 5.92 Å². The number of fused-ring (bicyclic) bond motifs is 1. The van der Waals surface area contributed by atoms with Crippen LogP contribution in [0.4, 0.5) is 13.2 Å². The van der Waals surface area contributed by atoms with Gasteiger partial charge in [-0.15, -0.1) is 0 Å². The number of nitrogens with one attached hydrogen (secondary N) is 1. The fourth-order valence-corrected chi connectivity index (χ4v) is 5.46. The fourth-order valence-electron chi connectivity index (χ4n) is 5.46. The van der Waals surface area contributed by atoms with Gasteiger partial charge >= 0.3 is 6.18 Å². The van der Waals surface area contributed by atoms with Crippen LogP contribution in [0.3, 0.4) is 0 Å². The van der Waals surface area contributed by atoms with Crippen molar-refractivity contribution in [1.29, 1.82) is 0 Å². The van der Waals surface area contributed by atoms with Gasteiger partial charge in [0.1, 0.15) is 0 Å². The first-order valence-electron chi connectivity index (χ1n) is 10.1. The zero-order chi connectivity index (χ0) is 18.7. The van der Waals surface area contributed by atoms with Crippen LogP contribution in [0.25, 0.3) is 0 Å². The number of rotatable bonds is 4. The molecule has 0 spiro atoms. The minimum atomic E-state index is -4.06. The van der Waals surface area contributed by atoms with Crippen molar-refractivity contribution < 1.29 is 18.0 Å². The van der Waals surface area contributed by atoms with Crippen molar-refractivity contribution in [2.75, 3.05) is 13.1 Å². The molecular formula is C20H31F3N2O. The Kier molecular flexibility index (Phi) is 6.31. The number of likely N-dealkylation sites (tertiary alicyclic amines) is 1. The lowest BCUT2D eigenvalue weighted by molar-refractivity contribution is -0.186. The number of piperidine rings is 1. The van der Waals surface area contributed by atoms with Gasteiger partial charge in [-0.2, -0.15) is 13.2 Å². The number of hydrogen-bond acceptors (Lipinski definition) is 2. The second-order valence-corrected chi connectivity index (χ2v) is 8.48. The standard InChI is InChI=1S/C20H31F3N2O/c1-2-19(26)24-17-11-15-7-3-4-9-18(15)25(13-17)12-14-6-5-8-16(10-14)20(21,22)23/h2,14-18H,1,3-13H2,(H,24,26). The number of nitrogens with zero attached hydrogens (tertiary/aromatic N) is 1. The van der Waals surface area contributed by atoms with Gasteiger partial charge in [0.2, 0.25) is 5.91 Å². The van der Waals surface area contributed by atoms with Crippen LogP contribution in [0.5, 0.6) is 0 Å². The zero-order valence-corrected chi connectivity index (χ0v) is 15.4. The van der Waals surface area contributed by atoms with Gasteiger partial charge in [0, 0.05) is 25.2 Å². The molecule has 0 aromatic heterocycles. The Morgan fingerprint density at radius 2 is 1.88 bits per heavy atom. The highest BCUT2D eigenvalue weighted by atomic mass is 19.4. The molecule has 2 saturated carbocycles. The maximum absolute atomic E-state index is 13.1. The molecule has 1 heterocycles. The summed E-state index contributed by atoms with van der Waals surface area (Å²) in [6.45, 7) is 5.02. The summed E-state index contributed by atoms with van der Waals surface area (Å²) in [5, 5.41) is 3.02. The highest BCUT2D eigenvalue weighted by Crippen LogP contribution is 2.42. The van der Waals surface area contributed by atoms with E-state index in [1.165, 1.54) is 18.9 Å². The SMILES string of the molecule is C=CC(=O)NC1CC2CCCCC2N(CC2CCCC(C(F)(F)F)C2)C1. The molecule has 0 bridgehead atoms. The molecule has 1 N–H and O–H groups in total. The molecule has 0 radical (unpaired) electrons. The summed E-state index contributed by atoms with van der Waals surface area (Å²) in [7, 11) is 0. The molecular weight excluding hydrogens is 341 g/mol. The Bertz CT molecular complexity index is 508. The van der Waals surface area contributed by atoms with E-state index in [1.807, 2.05) is 0 Å². The van der Waals surface area contributed by atoms with E-state index in [9.17, 15) is 18.0 Å². The second kappa shape index (κ2) is 8.32. The number of amides is 1. The first-order chi connectivity index (χ1) is 12.4. The minimum Gasteiger partial charge on any atom is -0.349 e. The number of carbonyl (C=O) groups excluding carboxylic acids is 1. The minimum absolute atomic E-state index is 0.0850. The summed E-state index contributed by atoms with van der Waals surface area (Å²) in [5.41, 5.74) is 0. The van der Waals surface area contributed by atoms with Crippen molar-refractivity contribution >= 4 is 5.91 Å². The van der Waals surface area contributed by atoms with Crippen molar-refractivity contribution in [3.63, 3.8) is 0 Å². The third-order valence-corrected chi connectivity index (χ3v) is 6.65. The quantitative estimate of drug-likeness (QED) is 0.747. The van der Waals surface area contributed by atoms with Crippen molar-refractivity contribution in [1.82, 2.24) is 10.2 Å². The molecule has 3 rings (SSSR count). The first-order valence-corrected chi connectivity index (χ1v) is 10.1. The van der Waals surface area contributed by atoms with E-state index in [0.29, 0.717) is 18.4 Å². The lowest BCUT2D eigenvalue weighted by Crippen LogP contribution is -2.57. The van der Waals surface area contributed by atoms with Crippen LogP contribution in [0.2, 0.25) is 0 Å². The molecule has 3 aliphatic rings. The van der Waals surface area contributed by atoms with Gasteiger partial charge < -0.3 is 5.32 Å². The summed E-state index contributed by atoms with van der Waals surface area (Å²) in [6.07, 6.45) is 5.06. The van der Waals surface area contributed by atoms with Crippen molar-refractivity contribution in [2.24, 2.45) is 17.8 Å². The van der Waals surface area contributed by atoms with Crippen molar-refractivity contribution in [3.8, 4) is 0 Å². The van der Waals surface area contributed by atoms with Crippen LogP contribution in [0.1, 0.15) is 57.8 Å². The summed E-state index contributed by atoms with van der Waals surface area (Å²) >= 11 is 0. The third-order valence-electron chi connectivity index (χ3n) is 6.65. The summed E-state index contributed by atoms with van der Waals surface area (Å²) < 4.78 is 39.4. The van der Waals surface area contributed by atoms with E-state index in [2.05, 4.69) is 16.8 Å². The molecule has 1 amide bonds. The van der Waals surface area contributed by atoms with Crippen LogP contribution >= 0.6 is 0 Å². The van der Waals surface area contributed by atoms with Crippen LogP contribution in [-0.2, 0) is 4.79 Å². The van der Waals surface area contributed by atoms with Gasteiger partial charge in [-0.1, -0.05) is 25.8 Å². The molecule has 26 heavy (non-hydrogen) atoms. The summed E-state index contributed by atoms with van der Waals surface area (Å²) in [5.74, 6) is -0.620. The van der Waals surface area contributed by atoms with Gasteiger partial charge in [0.15, 0.2) is 0 Å². The topological polar surface area (TPSA) is 32.3 Å². The van der Waals surface area contributed by atoms with Gasteiger partial charge in [0.25, 0.3) is 0 Å². The van der Waals surface area contributed by atoms with E-state index in [-0.39, 0.29) is 30.7 Å². The number of hydrogen-bond donors (Lipinski definition) is 1. The molecule has 6 heteroatoms. The normalized spacial score (nSPS) is 36.2. The first kappa shape index (κ1) is 19.7. The van der Waals surface area contributed by atoms with Gasteiger partial charge in [-0.25, -0.2) is 0 Å². The van der Waals surface area contributed by atoms with E-state index in [1.54, 1.807) is 0 Å². The molecule has 5 unspecified atom stereocenters. The second-order valence-electron chi connectivity index (χ2n) is 8.48. The Balaban J connectivity index is 1.65. The Morgan fingerprint density at radius 3 is 2.62 bits per heavy atom. The van der Waals surface area contributed by atoms with Crippen LogP contribution in [0, 0.1) is 17.8 Å². The number of alkyl halides is 3. The lowest BCUT2D eigenvalue weighted by Gasteiger charge is -2.48. The average Bonchev–Trinajstić information content (AvgIpc) is 2.61. The van der Waals surface area contributed by atoms with Crippen molar-refractivity contribution in [3.05, 3.63) is 12.7 Å². The largest absolute Gasteiger partial charge is 0.391 e. The number of carbonyl (C=O) groups is 1. The Morgan fingerprint density at radius 1 is 1.12 bits per heavy atom. The Hall–Kier alpha value is -1.04. The fraction of sp³-hybridized carbons (Fsp3) is 0.850. The van der Waals surface area contributed by atoms with Gasteiger partial charge in [-0.3, -0.25) is 9.69 Å².